The second-order valence-corrected chi connectivity index (χ2v) is 3.67. The molecule has 0 saturated heterocycles. The molecule has 0 aliphatic carbocycles. The van der Waals surface area contributed by atoms with Crippen LogP contribution in [0.15, 0.2) is 23.3 Å². The summed E-state index contributed by atoms with van der Waals surface area (Å²) in [6.45, 7) is 4.02. The van der Waals surface area contributed by atoms with Crippen molar-refractivity contribution in [2.45, 2.75) is 13.3 Å². The van der Waals surface area contributed by atoms with Crippen molar-refractivity contribution in [3.05, 3.63) is 29.6 Å². The first kappa shape index (κ1) is 9.19. The van der Waals surface area contributed by atoms with Gasteiger partial charge < -0.3 is 4.90 Å². The van der Waals surface area contributed by atoms with Gasteiger partial charge in [-0.2, -0.15) is 0 Å². The topological polar surface area (TPSA) is 28.5 Å². The summed E-state index contributed by atoms with van der Waals surface area (Å²) in [6.07, 6.45) is 3.05. The standard InChI is InChI=1S/C11H15N3/c1-9-4-5-10(8-13-9)11-12-6-3-7-14(11)2/h4-5,8H,3,6-7H2,1-2H3. The van der Waals surface area contributed by atoms with E-state index in [1.807, 2.05) is 19.2 Å². The first-order valence-corrected chi connectivity index (χ1v) is 4.96. The van der Waals surface area contributed by atoms with Gasteiger partial charge in [0.2, 0.25) is 0 Å². The van der Waals surface area contributed by atoms with Crippen LogP contribution >= 0.6 is 0 Å². The average molecular weight is 189 g/mol. The number of hydrogen-bond donors (Lipinski definition) is 0. The van der Waals surface area contributed by atoms with Gasteiger partial charge in [0.15, 0.2) is 0 Å². The highest BCUT2D eigenvalue weighted by atomic mass is 15.2. The Balaban J connectivity index is 2.29. The maximum atomic E-state index is 4.51. The Bertz CT molecular complexity index is 340. The maximum absolute atomic E-state index is 4.51. The van der Waals surface area contributed by atoms with Crippen molar-refractivity contribution in [2.75, 3.05) is 20.1 Å². The first-order valence-electron chi connectivity index (χ1n) is 4.96. The minimum atomic E-state index is 0.938. The minimum absolute atomic E-state index is 0.938. The second-order valence-electron chi connectivity index (χ2n) is 3.67. The fraction of sp³-hybridized carbons (Fsp3) is 0.455. The predicted molar refractivity (Wildman–Crippen MR) is 57.6 cm³/mol. The minimum Gasteiger partial charge on any atom is -0.359 e. The van der Waals surface area contributed by atoms with Gasteiger partial charge in [-0.25, -0.2) is 0 Å². The van der Waals surface area contributed by atoms with Gasteiger partial charge >= 0.3 is 0 Å². The van der Waals surface area contributed by atoms with Gasteiger partial charge in [-0.3, -0.25) is 9.98 Å². The summed E-state index contributed by atoms with van der Waals surface area (Å²) in [7, 11) is 2.08. The van der Waals surface area contributed by atoms with Gasteiger partial charge in [-0.15, -0.1) is 0 Å². The van der Waals surface area contributed by atoms with E-state index in [9.17, 15) is 0 Å². The Labute approximate surface area is 84.5 Å². The van der Waals surface area contributed by atoms with Crippen molar-refractivity contribution in [1.82, 2.24) is 9.88 Å². The van der Waals surface area contributed by atoms with Crippen LogP contribution in [-0.4, -0.2) is 35.9 Å². The van der Waals surface area contributed by atoms with E-state index in [2.05, 4.69) is 28.0 Å². The fourth-order valence-corrected chi connectivity index (χ4v) is 1.63. The van der Waals surface area contributed by atoms with Gasteiger partial charge in [0.1, 0.15) is 5.84 Å². The van der Waals surface area contributed by atoms with E-state index in [4.69, 9.17) is 0 Å². The highest BCUT2D eigenvalue weighted by Gasteiger charge is 2.12. The molecular formula is C11H15N3. The van der Waals surface area contributed by atoms with Crippen LogP contribution in [0.1, 0.15) is 17.7 Å². The number of pyridine rings is 1. The molecule has 3 heteroatoms. The number of amidine groups is 1. The van der Waals surface area contributed by atoms with E-state index in [-0.39, 0.29) is 0 Å². The van der Waals surface area contributed by atoms with E-state index < -0.39 is 0 Å². The quantitative estimate of drug-likeness (QED) is 0.669. The van der Waals surface area contributed by atoms with Crippen molar-refractivity contribution >= 4 is 5.84 Å². The molecule has 74 valence electrons. The van der Waals surface area contributed by atoms with Crippen molar-refractivity contribution in [3.63, 3.8) is 0 Å². The van der Waals surface area contributed by atoms with Crippen molar-refractivity contribution in [2.24, 2.45) is 4.99 Å². The summed E-state index contributed by atoms with van der Waals surface area (Å²) < 4.78 is 0. The molecule has 0 saturated carbocycles. The summed E-state index contributed by atoms with van der Waals surface area (Å²) in [4.78, 5) is 11.0. The summed E-state index contributed by atoms with van der Waals surface area (Å²) in [6, 6.07) is 4.11. The molecule has 0 amide bonds. The summed E-state index contributed by atoms with van der Waals surface area (Å²) >= 11 is 0. The molecule has 0 spiro atoms. The van der Waals surface area contributed by atoms with Crippen molar-refractivity contribution in [3.8, 4) is 0 Å². The molecule has 1 aromatic rings. The number of aromatic nitrogens is 1. The van der Waals surface area contributed by atoms with E-state index in [0.29, 0.717) is 0 Å². The lowest BCUT2D eigenvalue weighted by atomic mass is 10.2. The molecule has 0 bridgehead atoms. The van der Waals surface area contributed by atoms with Crippen molar-refractivity contribution < 1.29 is 0 Å². The van der Waals surface area contributed by atoms with Gasteiger partial charge in [0, 0.05) is 37.6 Å². The molecule has 3 nitrogen and oxygen atoms in total. The Morgan fingerprint density at radius 3 is 2.86 bits per heavy atom. The van der Waals surface area contributed by atoms with Crippen LogP contribution in [0.2, 0.25) is 0 Å². The van der Waals surface area contributed by atoms with Gasteiger partial charge in [0.05, 0.1) is 0 Å². The van der Waals surface area contributed by atoms with Crippen LogP contribution in [0.3, 0.4) is 0 Å². The molecule has 0 unspecified atom stereocenters. The van der Waals surface area contributed by atoms with Crippen molar-refractivity contribution in [1.29, 1.82) is 0 Å². The predicted octanol–water partition coefficient (Wildman–Crippen LogP) is 1.47. The normalized spacial score (nSPS) is 16.7. The highest BCUT2D eigenvalue weighted by Crippen LogP contribution is 2.09. The number of aliphatic imine (C=N–C) groups is 1. The number of aryl methyl sites for hydroxylation is 1. The third-order valence-corrected chi connectivity index (χ3v) is 2.44. The number of nitrogens with zero attached hydrogens (tertiary/aromatic N) is 3. The number of rotatable bonds is 1. The lowest BCUT2D eigenvalue weighted by Crippen LogP contribution is -2.32. The van der Waals surface area contributed by atoms with Crippen LogP contribution in [0.5, 0.6) is 0 Å². The van der Waals surface area contributed by atoms with E-state index in [1.54, 1.807) is 0 Å². The zero-order chi connectivity index (χ0) is 9.97. The second kappa shape index (κ2) is 3.78. The summed E-state index contributed by atoms with van der Waals surface area (Å²) in [5.41, 5.74) is 2.17. The highest BCUT2D eigenvalue weighted by molar-refractivity contribution is 5.98. The van der Waals surface area contributed by atoms with E-state index in [1.165, 1.54) is 0 Å². The monoisotopic (exact) mass is 189 g/mol. The Kier molecular flexibility index (Phi) is 2.48. The molecule has 0 atom stereocenters. The van der Waals surface area contributed by atoms with Gasteiger partial charge in [-0.1, -0.05) is 0 Å². The van der Waals surface area contributed by atoms with E-state index in [0.717, 1.165) is 36.6 Å². The number of hydrogen-bond acceptors (Lipinski definition) is 3. The molecule has 2 rings (SSSR count). The lowest BCUT2D eigenvalue weighted by Gasteiger charge is -2.24. The zero-order valence-electron chi connectivity index (χ0n) is 8.70. The first-order chi connectivity index (χ1) is 6.77. The molecule has 0 fully saturated rings. The zero-order valence-corrected chi connectivity index (χ0v) is 8.70. The van der Waals surface area contributed by atoms with Crippen LogP contribution in [0.25, 0.3) is 0 Å². The SMILES string of the molecule is Cc1ccc(C2=NCCCN2C)cn1. The molecule has 1 aliphatic rings. The molecule has 1 aromatic heterocycles. The molecule has 14 heavy (non-hydrogen) atoms. The summed E-state index contributed by atoms with van der Waals surface area (Å²) in [5.74, 6) is 1.07. The van der Waals surface area contributed by atoms with Crippen LogP contribution in [-0.2, 0) is 0 Å². The molecule has 0 aromatic carbocycles. The fourth-order valence-electron chi connectivity index (χ4n) is 1.63. The Hall–Kier alpha value is -1.38. The van der Waals surface area contributed by atoms with Gasteiger partial charge in [-0.05, 0) is 25.5 Å². The smallest absolute Gasteiger partial charge is 0.132 e. The molecular weight excluding hydrogens is 174 g/mol. The third-order valence-electron chi connectivity index (χ3n) is 2.44. The molecule has 0 N–H and O–H groups in total. The third kappa shape index (κ3) is 1.76. The molecule has 2 heterocycles. The van der Waals surface area contributed by atoms with E-state index >= 15 is 0 Å². The largest absolute Gasteiger partial charge is 0.359 e. The van der Waals surface area contributed by atoms with Gasteiger partial charge in [0.25, 0.3) is 0 Å². The lowest BCUT2D eigenvalue weighted by molar-refractivity contribution is 0.468. The average Bonchev–Trinajstić information content (AvgIpc) is 2.20. The van der Waals surface area contributed by atoms with Crippen LogP contribution in [0, 0.1) is 6.92 Å². The Morgan fingerprint density at radius 1 is 1.36 bits per heavy atom. The van der Waals surface area contributed by atoms with Crippen LogP contribution < -0.4 is 0 Å². The Morgan fingerprint density at radius 2 is 2.21 bits per heavy atom. The maximum Gasteiger partial charge on any atom is 0.132 e. The summed E-state index contributed by atoms with van der Waals surface area (Å²) in [5, 5.41) is 0. The molecule has 1 aliphatic heterocycles. The van der Waals surface area contributed by atoms with Crippen LogP contribution in [0.4, 0.5) is 0 Å². The molecule has 0 radical (unpaired) electrons.